The van der Waals surface area contributed by atoms with Crippen molar-refractivity contribution in [3.8, 4) is 0 Å². The zero-order valence-electron chi connectivity index (χ0n) is 7.68. The summed E-state index contributed by atoms with van der Waals surface area (Å²) < 4.78 is 0. The Hall–Kier alpha value is -0.850. The van der Waals surface area contributed by atoms with Crippen molar-refractivity contribution in [3.63, 3.8) is 0 Å². The average molecular weight is 164 g/mol. The van der Waals surface area contributed by atoms with E-state index in [0.717, 1.165) is 19.3 Å². The Morgan fingerprint density at radius 1 is 1.25 bits per heavy atom. The lowest BCUT2D eigenvalue weighted by molar-refractivity contribution is -0.114. The van der Waals surface area contributed by atoms with Crippen molar-refractivity contribution in [2.75, 3.05) is 0 Å². The second-order valence-electron chi connectivity index (χ2n) is 3.35. The first-order chi connectivity index (χ1) is 5.79. The minimum Gasteiger partial charge on any atom is -0.295 e. The van der Waals surface area contributed by atoms with Crippen molar-refractivity contribution in [2.24, 2.45) is 0 Å². The summed E-state index contributed by atoms with van der Waals surface area (Å²) in [5, 5.41) is 0. The van der Waals surface area contributed by atoms with E-state index in [1.807, 2.05) is 6.08 Å². The highest BCUT2D eigenvalue weighted by atomic mass is 16.1. The average Bonchev–Trinajstić information content (AvgIpc) is 2.07. The van der Waals surface area contributed by atoms with Gasteiger partial charge < -0.3 is 0 Å². The molecule has 0 aromatic rings. The SMILES string of the molecule is C/C1=C\CCC/C=C/C(=O)CC1. The van der Waals surface area contributed by atoms with Crippen LogP contribution in [0.3, 0.4) is 0 Å². The quantitative estimate of drug-likeness (QED) is 0.503. The van der Waals surface area contributed by atoms with Gasteiger partial charge in [-0.2, -0.15) is 0 Å². The molecule has 1 aliphatic carbocycles. The molecule has 0 saturated heterocycles. The van der Waals surface area contributed by atoms with Crippen LogP contribution in [0.25, 0.3) is 0 Å². The molecule has 0 aliphatic heterocycles. The number of ketones is 1. The first kappa shape index (κ1) is 9.24. The van der Waals surface area contributed by atoms with Crippen LogP contribution in [0.4, 0.5) is 0 Å². The molecule has 0 fully saturated rings. The minimum atomic E-state index is 0.268. The van der Waals surface area contributed by atoms with Gasteiger partial charge in [0.25, 0.3) is 0 Å². The minimum absolute atomic E-state index is 0.268. The molecule has 0 heterocycles. The van der Waals surface area contributed by atoms with Gasteiger partial charge in [-0.25, -0.2) is 0 Å². The molecule has 12 heavy (non-hydrogen) atoms. The highest BCUT2D eigenvalue weighted by Gasteiger charge is 1.99. The summed E-state index contributed by atoms with van der Waals surface area (Å²) in [4.78, 5) is 11.1. The molecule has 1 rings (SSSR count). The van der Waals surface area contributed by atoms with E-state index in [2.05, 4.69) is 13.0 Å². The third kappa shape index (κ3) is 3.51. The second-order valence-corrected chi connectivity index (χ2v) is 3.35. The van der Waals surface area contributed by atoms with Crippen molar-refractivity contribution >= 4 is 5.78 Å². The van der Waals surface area contributed by atoms with Crippen LogP contribution in [-0.4, -0.2) is 5.78 Å². The van der Waals surface area contributed by atoms with E-state index in [-0.39, 0.29) is 5.78 Å². The van der Waals surface area contributed by atoms with E-state index in [1.165, 1.54) is 12.0 Å². The first-order valence-corrected chi connectivity index (χ1v) is 4.64. The summed E-state index contributed by atoms with van der Waals surface area (Å²) in [7, 11) is 0. The van der Waals surface area contributed by atoms with E-state index in [9.17, 15) is 4.79 Å². The lowest BCUT2D eigenvalue weighted by Crippen LogP contribution is -1.94. The third-order valence-electron chi connectivity index (χ3n) is 2.14. The fourth-order valence-electron chi connectivity index (χ4n) is 1.30. The largest absolute Gasteiger partial charge is 0.295 e. The Morgan fingerprint density at radius 3 is 2.92 bits per heavy atom. The molecular weight excluding hydrogens is 148 g/mol. The number of rotatable bonds is 0. The highest BCUT2D eigenvalue weighted by Crippen LogP contribution is 2.10. The van der Waals surface area contributed by atoms with Gasteiger partial charge in [0, 0.05) is 6.42 Å². The molecule has 0 saturated carbocycles. The van der Waals surface area contributed by atoms with E-state index in [4.69, 9.17) is 0 Å². The van der Waals surface area contributed by atoms with Crippen molar-refractivity contribution in [3.05, 3.63) is 23.8 Å². The number of hydrogen-bond acceptors (Lipinski definition) is 1. The maximum absolute atomic E-state index is 11.1. The Labute approximate surface area is 74.2 Å². The standard InChI is InChI=1S/C11H16O/c1-10-6-4-2-3-5-7-11(12)9-8-10/h5-7H,2-4,8-9H2,1H3/b7-5+,10-6+. The van der Waals surface area contributed by atoms with Gasteiger partial charge in [-0.15, -0.1) is 0 Å². The summed E-state index contributed by atoms with van der Waals surface area (Å²) in [5.41, 5.74) is 1.36. The summed E-state index contributed by atoms with van der Waals surface area (Å²) in [6.07, 6.45) is 11.0. The molecule has 0 amide bonds. The lowest BCUT2D eigenvalue weighted by atomic mass is 10.0. The molecule has 0 N–H and O–H groups in total. The fourth-order valence-corrected chi connectivity index (χ4v) is 1.30. The Morgan fingerprint density at radius 2 is 2.08 bits per heavy atom. The first-order valence-electron chi connectivity index (χ1n) is 4.64. The molecule has 0 bridgehead atoms. The van der Waals surface area contributed by atoms with Crippen LogP contribution in [0, 0.1) is 0 Å². The zero-order chi connectivity index (χ0) is 8.81. The van der Waals surface area contributed by atoms with E-state index < -0.39 is 0 Å². The molecule has 0 unspecified atom stereocenters. The van der Waals surface area contributed by atoms with E-state index in [1.54, 1.807) is 6.08 Å². The van der Waals surface area contributed by atoms with Gasteiger partial charge in [-0.3, -0.25) is 4.79 Å². The van der Waals surface area contributed by atoms with Gasteiger partial charge in [0.2, 0.25) is 0 Å². The predicted molar refractivity (Wildman–Crippen MR) is 51.0 cm³/mol. The molecule has 0 atom stereocenters. The lowest BCUT2D eigenvalue weighted by Gasteiger charge is -2.01. The van der Waals surface area contributed by atoms with Crippen LogP contribution in [-0.2, 0) is 4.79 Å². The van der Waals surface area contributed by atoms with E-state index in [0.29, 0.717) is 6.42 Å². The van der Waals surface area contributed by atoms with Crippen LogP contribution in [0.1, 0.15) is 39.0 Å². The van der Waals surface area contributed by atoms with Gasteiger partial charge in [-0.1, -0.05) is 17.7 Å². The van der Waals surface area contributed by atoms with Gasteiger partial charge in [0.1, 0.15) is 0 Å². The topological polar surface area (TPSA) is 17.1 Å². The summed E-state index contributed by atoms with van der Waals surface area (Å²) in [6, 6.07) is 0. The fraction of sp³-hybridized carbons (Fsp3) is 0.545. The molecule has 1 nitrogen and oxygen atoms in total. The third-order valence-corrected chi connectivity index (χ3v) is 2.14. The molecule has 0 aromatic heterocycles. The van der Waals surface area contributed by atoms with Gasteiger partial charge in [-0.05, 0) is 38.7 Å². The maximum Gasteiger partial charge on any atom is 0.155 e. The Bertz CT molecular complexity index is 209. The smallest absolute Gasteiger partial charge is 0.155 e. The van der Waals surface area contributed by atoms with Crippen LogP contribution in [0.15, 0.2) is 23.8 Å². The van der Waals surface area contributed by atoms with Crippen molar-refractivity contribution < 1.29 is 4.79 Å². The molecule has 66 valence electrons. The second kappa shape index (κ2) is 4.91. The molecule has 1 heteroatoms. The highest BCUT2D eigenvalue weighted by molar-refractivity contribution is 5.89. The molecule has 0 radical (unpaired) electrons. The van der Waals surface area contributed by atoms with Crippen LogP contribution in [0.5, 0.6) is 0 Å². The van der Waals surface area contributed by atoms with Crippen molar-refractivity contribution in [1.29, 1.82) is 0 Å². The predicted octanol–water partition coefficient (Wildman–Crippen LogP) is 3.02. The summed E-state index contributed by atoms with van der Waals surface area (Å²) >= 11 is 0. The maximum atomic E-state index is 11.1. The van der Waals surface area contributed by atoms with Crippen molar-refractivity contribution in [1.82, 2.24) is 0 Å². The molecule has 0 aromatic carbocycles. The van der Waals surface area contributed by atoms with Crippen molar-refractivity contribution in [2.45, 2.75) is 39.0 Å². The van der Waals surface area contributed by atoms with Crippen LogP contribution < -0.4 is 0 Å². The molecule has 1 aliphatic rings. The number of hydrogen-bond donors (Lipinski definition) is 0. The Balaban J connectivity index is 2.50. The number of carbonyl (C=O) groups is 1. The van der Waals surface area contributed by atoms with E-state index >= 15 is 0 Å². The van der Waals surface area contributed by atoms with Crippen LogP contribution >= 0.6 is 0 Å². The molecular formula is C11H16O. The van der Waals surface area contributed by atoms with Gasteiger partial charge in [0.15, 0.2) is 5.78 Å². The van der Waals surface area contributed by atoms with Gasteiger partial charge in [0.05, 0.1) is 0 Å². The number of allylic oxidation sites excluding steroid dienone is 4. The summed E-state index contributed by atoms with van der Waals surface area (Å²) in [6.45, 7) is 2.11. The normalized spacial score (nSPS) is 27.4. The van der Waals surface area contributed by atoms with Gasteiger partial charge >= 0.3 is 0 Å². The monoisotopic (exact) mass is 164 g/mol. The number of carbonyl (C=O) groups excluding carboxylic acids is 1. The zero-order valence-corrected chi connectivity index (χ0v) is 7.68. The Kier molecular flexibility index (Phi) is 3.78. The molecule has 0 spiro atoms. The summed E-state index contributed by atoms with van der Waals surface area (Å²) in [5.74, 6) is 0.268. The van der Waals surface area contributed by atoms with Crippen LogP contribution in [0.2, 0.25) is 0 Å².